The molecule has 36 heavy (non-hydrogen) atoms. The van der Waals surface area contributed by atoms with E-state index < -0.39 is 49.1 Å². The van der Waals surface area contributed by atoms with E-state index >= 15 is 0 Å². The number of alkyl halides is 3. The lowest BCUT2D eigenvalue weighted by Gasteiger charge is -2.16. The van der Waals surface area contributed by atoms with Gasteiger partial charge in [-0.15, -0.1) is 0 Å². The molecular weight excluding hydrogens is 515 g/mol. The molecule has 0 aliphatic rings. The number of ether oxygens (including phenoxy) is 2. The summed E-state index contributed by atoms with van der Waals surface area (Å²) < 4.78 is 79.7. The molecule has 1 amide bonds. The summed E-state index contributed by atoms with van der Waals surface area (Å²) in [5.41, 5.74) is -2.70. The molecular formula is C21H17F4N2O8P. The highest BCUT2D eigenvalue weighted by Gasteiger charge is 2.32. The minimum atomic E-state index is -4.85. The molecule has 1 heterocycles. The molecule has 10 nitrogen and oxygen atoms in total. The number of phosphoric acid groups is 1. The third kappa shape index (κ3) is 6.92. The van der Waals surface area contributed by atoms with Crippen molar-refractivity contribution < 1.29 is 50.7 Å². The first-order chi connectivity index (χ1) is 16.8. The molecule has 0 spiro atoms. The summed E-state index contributed by atoms with van der Waals surface area (Å²) in [6.45, 7) is -0.789. The molecule has 0 saturated heterocycles. The number of carbonyl (C=O) groups excluding carboxylic acids is 1. The van der Waals surface area contributed by atoms with Crippen molar-refractivity contribution in [2.75, 3.05) is 12.4 Å². The number of phosphoric ester groups is 1. The van der Waals surface area contributed by atoms with Crippen LogP contribution in [0.4, 0.5) is 23.2 Å². The molecule has 0 fully saturated rings. The minimum Gasteiger partial charge on any atom is -0.493 e. The van der Waals surface area contributed by atoms with Crippen LogP contribution in [-0.4, -0.2) is 27.4 Å². The van der Waals surface area contributed by atoms with Gasteiger partial charge in [0.1, 0.15) is 18.3 Å². The van der Waals surface area contributed by atoms with Crippen molar-refractivity contribution in [2.45, 2.75) is 12.9 Å². The number of rotatable bonds is 8. The van der Waals surface area contributed by atoms with Crippen LogP contribution in [-0.2, 0) is 22.0 Å². The van der Waals surface area contributed by atoms with E-state index in [0.717, 1.165) is 47.2 Å². The van der Waals surface area contributed by atoms with Crippen LogP contribution >= 0.6 is 7.82 Å². The molecule has 0 atom stereocenters. The molecule has 3 aromatic rings. The van der Waals surface area contributed by atoms with Crippen molar-refractivity contribution >= 4 is 19.4 Å². The van der Waals surface area contributed by atoms with Gasteiger partial charge >= 0.3 is 14.0 Å². The van der Waals surface area contributed by atoms with Gasteiger partial charge in [0.05, 0.1) is 18.2 Å². The Bertz CT molecular complexity index is 1390. The quantitative estimate of drug-likeness (QED) is 0.291. The summed E-state index contributed by atoms with van der Waals surface area (Å²) in [5.74, 6) is -2.23. The molecule has 0 unspecified atom stereocenters. The predicted octanol–water partition coefficient (Wildman–Crippen LogP) is 4.13. The highest BCUT2D eigenvalue weighted by atomic mass is 31.2. The van der Waals surface area contributed by atoms with Crippen LogP contribution in [0.5, 0.6) is 17.2 Å². The van der Waals surface area contributed by atoms with E-state index in [4.69, 9.17) is 19.3 Å². The molecule has 0 aliphatic carbocycles. The number of halogens is 4. The zero-order valence-electron chi connectivity index (χ0n) is 18.2. The maximum Gasteiger partial charge on any atom is 0.471 e. The van der Waals surface area contributed by atoms with Crippen LogP contribution in [0.15, 0.2) is 59.5 Å². The van der Waals surface area contributed by atoms with Gasteiger partial charge in [0.25, 0.3) is 11.5 Å². The van der Waals surface area contributed by atoms with E-state index in [2.05, 4.69) is 9.84 Å². The summed E-state index contributed by atoms with van der Waals surface area (Å²) in [6, 6.07) is 7.29. The zero-order valence-corrected chi connectivity index (χ0v) is 19.0. The smallest absolute Gasteiger partial charge is 0.471 e. The van der Waals surface area contributed by atoms with E-state index in [0.29, 0.717) is 12.1 Å². The lowest BCUT2D eigenvalue weighted by molar-refractivity contribution is -0.137. The average Bonchev–Trinajstić information content (AvgIpc) is 2.78. The summed E-state index contributed by atoms with van der Waals surface area (Å²) in [7, 11) is -3.64. The fraction of sp³-hybridized carbons (Fsp3) is 0.143. The normalized spacial score (nSPS) is 11.8. The number of hydrogen-bond donors (Lipinski definition) is 3. The van der Waals surface area contributed by atoms with Crippen molar-refractivity contribution in [3.05, 3.63) is 82.0 Å². The highest BCUT2D eigenvalue weighted by Crippen LogP contribution is 2.38. The second kappa shape index (κ2) is 10.5. The number of nitrogens with one attached hydrogen (secondary N) is 1. The monoisotopic (exact) mass is 532 g/mol. The number of aromatic nitrogens is 1. The van der Waals surface area contributed by atoms with Gasteiger partial charge in [-0.25, -0.2) is 8.96 Å². The molecule has 15 heteroatoms. The Balaban J connectivity index is 1.93. The van der Waals surface area contributed by atoms with Gasteiger partial charge in [0.15, 0.2) is 11.5 Å². The van der Waals surface area contributed by atoms with Crippen LogP contribution in [0.25, 0.3) is 0 Å². The topological polar surface area (TPSA) is 136 Å². The van der Waals surface area contributed by atoms with E-state index in [9.17, 15) is 31.7 Å². The Morgan fingerprint density at radius 3 is 2.36 bits per heavy atom. The molecule has 192 valence electrons. The maximum absolute atomic E-state index is 13.5. The van der Waals surface area contributed by atoms with E-state index in [1.807, 2.05) is 0 Å². The van der Waals surface area contributed by atoms with Gasteiger partial charge in [0, 0.05) is 24.0 Å². The number of anilines is 1. The van der Waals surface area contributed by atoms with Crippen LogP contribution in [0.3, 0.4) is 0 Å². The third-order valence-corrected chi connectivity index (χ3v) is 4.97. The first-order valence-corrected chi connectivity index (χ1v) is 11.2. The number of amides is 1. The summed E-state index contributed by atoms with van der Waals surface area (Å²) in [4.78, 5) is 42.5. The number of methoxy groups -OCH3 is 1. The Morgan fingerprint density at radius 1 is 1.06 bits per heavy atom. The third-order valence-electron chi connectivity index (χ3n) is 4.52. The van der Waals surface area contributed by atoms with Crippen molar-refractivity contribution in [2.24, 2.45) is 0 Å². The lowest BCUT2D eigenvalue weighted by atomic mass is 10.1. The maximum atomic E-state index is 13.5. The van der Waals surface area contributed by atoms with Crippen LogP contribution in [0.1, 0.15) is 15.9 Å². The van der Waals surface area contributed by atoms with Crippen LogP contribution in [0.2, 0.25) is 0 Å². The predicted molar refractivity (Wildman–Crippen MR) is 116 cm³/mol. The van der Waals surface area contributed by atoms with E-state index in [-0.39, 0.29) is 22.9 Å². The fourth-order valence-corrected chi connectivity index (χ4v) is 3.12. The Kier molecular flexibility index (Phi) is 7.84. The second-order valence-corrected chi connectivity index (χ2v) is 8.27. The standard InChI is InChI=1S/C21H17F4N2O8P/c1-33-18-9-13(22)3-5-17(18)35-16-4-2-12(21(23,24)25)8-15(16)20(29)26-14-6-7-27(19(28)10-14)11-34-36(30,31)32/h2-10H,11H2,1H3,(H,26,29)(H2,30,31,32). The lowest BCUT2D eigenvalue weighted by Crippen LogP contribution is -2.22. The van der Waals surface area contributed by atoms with Crippen molar-refractivity contribution in [1.82, 2.24) is 4.57 Å². The number of hydrogen-bond acceptors (Lipinski definition) is 6. The fourth-order valence-electron chi connectivity index (χ4n) is 2.84. The number of pyridine rings is 1. The molecule has 0 saturated carbocycles. The first kappa shape index (κ1) is 26.9. The van der Waals surface area contributed by atoms with E-state index in [1.54, 1.807) is 0 Å². The Morgan fingerprint density at radius 2 is 1.75 bits per heavy atom. The van der Waals surface area contributed by atoms with Gasteiger partial charge in [-0.1, -0.05) is 0 Å². The summed E-state index contributed by atoms with van der Waals surface area (Å²) in [6.07, 6.45) is -3.75. The van der Waals surface area contributed by atoms with Crippen molar-refractivity contribution in [1.29, 1.82) is 0 Å². The summed E-state index contributed by atoms with van der Waals surface area (Å²) >= 11 is 0. The molecule has 0 aliphatic heterocycles. The largest absolute Gasteiger partial charge is 0.493 e. The van der Waals surface area contributed by atoms with Crippen molar-refractivity contribution in [3.8, 4) is 17.2 Å². The van der Waals surface area contributed by atoms with Crippen LogP contribution < -0.4 is 20.3 Å². The van der Waals surface area contributed by atoms with Gasteiger partial charge in [-0.2, -0.15) is 13.2 Å². The number of nitrogens with zero attached hydrogens (tertiary/aromatic N) is 1. The second-order valence-electron chi connectivity index (χ2n) is 7.03. The number of benzene rings is 2. The highest BCUT2D eigenvalue weighted by molar-refractivity contribution is 7.46. The van der Waals surface area contributed by atoms with E-state index in [1.165, 1.54) is 7.11 Å². The molecule has 1 aromatic heterocycles. The van der Waals surface area contributed by atoms with Gasteiger partial charge in [-0.05, 0) is 36.4 Å². The molecule has 3 rings (SSSR count). The number of carbonyl (C=O) groups is 1. The minimum absolute atomic E-state index is 0.0811. The summed E-state index contributed by atoms with van der Waals surface area (Å²) in [5, 5.41) is 2.26. The SMILES string of the molecule is COc1cc(F)ccc1Oc1ccc(C(F)(F)F)cc1C(=O)Nc1ccn(COP(=O)(O)O)c(=O)c1. The zero-order chi connectivity index (χ0) is 26.7. The molecule has 0 bridgehead atoms. The average molecular weight is 532 g/mol. The Labute approximate surface area is 199 Å². The molecule has 2 aromatic carbocycles. The van der Waals surface area contributed by atoms with Gasteiger partial charge < -0.3 is 24.6 Å². The molecule has 3 N–H and O–H groups in total. The van der Waals surface area contributed by atoms with Crippen molar-refractivity contribution in [3.63, 3.8) is 0 Å². The van der Waals surface area contributed by atoms with Gasteiger partial charge in [0.2, 0.25) is 0 Å². The van der Waals surface area contributed by atoms with Gasteiger partial charge in [-0.3, -0.25) is 18.7 Å². The molecule has 0 radical (unpaired) electrons. The first-order valence-electron chi connectivity index (χ1n) is 9.71. The van der Waals surface area contributed by atoms with Crippen LogP contribution in [0, 0.1) is 5.82 Å². The Hall–Kier alpha value is -3.71.